The molecule has 0 spiro atoms. The van der Waals surface area contributed by atoms with E-state index in [1.165, 1.54) is 18.7 Å². The van der Waals surface area contributed by atoms with Gasteiger partial charge in [0.1, 0.15) is 24.4 Å². The van der Waals surface area contributed by atoms with Crippen molar-refractivity contribution in [3.8, 4) is 0 Å². The lowest BCUT2D eigenvalue weighted by molar-refractivity contribution is -0.152. The maximum absolute atomic E-state index is 14.0. The molecule has 1 aromatic carbocycles. The molecule has 3 rings (SSSR count). The van der Waals surface area contributed by atoms with Crippen molar-refractivity contribution < 1.29 is 29.7 Å². The van der Waals surface area contributed by atoms with Gasteiger partial charge in [-0.3, -0.25) is 19.7 Å². The first-order valence-electron chi connectivity index (χ1n) is 12.5. The minimum absolute atomic E-state index is 0.285. The van der Waals surface area contributed by atoms with Crippen molar-refractivity contribution in [1.29, 1.82) is 0 Å². The van der Waals surface area contributed by atoms with Crippen LogP contribution in [0.4, 0.5) is 0 Å². The average molecular weight is 506 g/mol. The Morgan fingerprint density at radius 2 is 1.75 bits per heavy atom. The second-order valence-corrected chi connectivity index (χ2v) is 10.0. The van der Waals surface area contributed by atoms with Crippen LogP contribution in [0, 0.1) is 0 Å². The van der Waals surface area contributed by atoms with E-state index in [-0.39, 0.29) is 12.3 Å². The number of aliphatic hydroxyl groups is 3. The number of nitrogens with two attached hydrogens (primary N) is 2. The Bertz CT molecular complexity index is 929. The Balaban J connectivity index is 1.95. The third kappa shape index (κ3) is 5.70. The number of amides is 3. The number of benzene rings is 1. The van der Waals surface area contributed by atoms with E-state index in [1.807, 2.05) is 30.3 Å². The van der Waals surface area contributed by atoms with Gasteiger partial charge in [-0.15, -0.1) is 0 Å². The van der Waals surface area contributed by atoms with E-state index >= 15 is 0 Å². The lowest BCUT2D eigenvalue weighted by atomic mass is 9.85. The number of nitrogens with zero attached hydrogens (tertiary/aromatic N) is 2. The molecule has 36 heavy (non-hydrogen) atoms. The normalized spacial score (nSPS) is 26.3. The van der Waals surface area contributed by atoms with Crippen molar-refractivity contribution in [2.45, 2.75) is 88.1 Å². The molecule has 11 nitrogen and oxygen atoms in total. The van der Waals surface area contributed by atoms with Gasteiger partial charge in [0, 0.05) is 13.1 Å². The number of aliphatic hydroxyl groups excluding tert-OH is 3. The largest absolute Gasteiger partial charge is 0.391 e. The van der Waals surface area contributed by atoms with Gasteiger partial charge in [0.2, 0.25) is 17.7 Å². The van der Waals surface area contributed by atoms with Crippen LogP contribution in [-0.4, -0.2) is 98.0 Å². The molecule has 3 amide bonds. The third-order valence-electron chi connectivity index (χ3n) is 7.41. The molecular formula is C25H39N5O6. The second kappa shape index (κ2) is 11.7. The number of hydrogen-bond donors (Lipinski definition) is 6. The first-order valence-corrected chi connectivity index (χ1v) is 12.5. The van der Waals surface area contributed by atoms with E-state index in [1.54, 1.807) is 4.90 Å². The summed E-state index contributed by atoms with van der Waals surface area (Å²) in [6, 6.07) is 6.24. The van der Waals surface area contributed by atoms with Gasteiger partial charge >= 0.3 is 0 Å². The molecule has 2 saturated heterocycles. The van der Waals surface area contributed by atoms with Gasteiger partial charge in [-0.2, -0.15) is 0 Å². The van der Waals surface area contributed by atoms with Gasteiger partial charge in [0.05, 0.1) is 17.7 Å². The fraction of sp³-hybridized carbons (Fsp3) is 0.640. The molecule has 2 aliphatic rings. The molecule has 2 fully saturated rings. The van der Waals surface area contributed by atoms with Crippen LogP contribution < -0.4 is 16.8 Å². The standard InChI is InChI=1S/C25H39N5O6/c1-15(31)19(26)23(35)29-12-6-10-18(29)22(34)30-13-7-11-25(30,14-17-8-4-3-5-9-17)24(36)28-20(16(2)32)21(27)33/h3-5,8-9,15-16,18-20,24,28,31-32,36H,6-7,10-14,26H2,1-2H3,(H2,27,33). The molecule has 1 aromatic rings. The van der Waals surface area contributed by atoms with Crippen molar-refractivity contribution in [1.82, 2.24) is 15.1 Å². The summed E-state index contributed by atoms with van der Waals surface area (Å²) >= 11 is 0. The molecule has 0 saturated carbocycles. The highest BCUT2D eigenvalue weighted by atomic mass is 16.3. The van der Waals surface area contributed by atoms with Crippen molar-refractivity contribution >= 4 is 17.7 Å². The van der Waals surface area contributed by atoms with E-state index in [9.17, 15) is 29.7 Å². The number of primary amides is 1. The molecular weight excluding hydrogens is 466 g/mol. The van der Waals surface area contributed by atoms with Crippen LogP contribution in [0.1, 0.15) is 45.1 Å². The summed E-state index contributed by atoms with van der Waals surface area (Å²) in [5, 5.41) is 34.1. The molecule has 2 aliphatic heterocycles. The number of carbonyl (C=O) groups is 3. The molecule has 11 heteroatoms. The summed E-state index contributed by atoms with van der Waals surface area (Å²) in [7, 11) is 0. The van der Waals surface area contributed by atoms with Crippen LogP contribution in [0.2, 0.25) is 0 Å². The number of nitrogens with one attached hydrogen (secondary N) is 1. The maximum Gasteiger partial charge on any atom is 0.245 e. The van der Waals surface area contributed by atoms with Crippen LogP contribution in [0.15, 0.2) is 30.3 Å². The minimum atomic E-state index is -1.39. The van der Waals surface area contributed by atoms with Gasteiger partial charge < -0.3 is 36.6 Å². The van der Waals surface area contributed by atoms with Gasteiger partial charge in [-0.1, -0.05) is 30.3 Å². The first-order chi connectivity index (χ1) is 17.0. The smallest absolute Gasteiger partial charge is 0.245 e. The maximum atomic E-state index is 14.0. The van der Waals surface area contributed by atoms with Gasteiger partial charge in [0.15, 0.2) is 0 Å². The summed E-state index contributed by atoms with van der Waals surface area (Å²) in [6.07, 6.45) is -1.25. The molecule has 0 bridgehead atoms. The van der Waals surface area contributed by atoms with Crippen molar-refractivity contribution in [3.05, 3.63) is 35.9 Å². The lowest BCUT2D eigenvalue weighted by Gasteiger charge is -2.45. The van der Waals surface area contributed by atoms with E-state index < -0.39 is 53.9 Å². The molecule has 0 aliphatic carbocycles. The van der Waals surface area contributed by atoms with Gasteiger partial charge in [0.25, 0.3) is 0 Å². The fourth-order valence-corrected chi connectivity index (χ4v) is 5.39. The van der Waals surface area contributed by atoms with E-state index in [0.717, 1.165) is 5.56 Å². The van der Waals surface area contributed by atoms with Crippen LogP contribution in [0.25, 0.3) is 0 Å². The van der Waals surface area contributed by atoms with Crippen molar-refractivity contribution in [2.75, 3.05) is 13.1 Å². The Morgan fingerprint density at radius 1 is 1.08 bits per heavy atom. The SMILES string of the molecule is CC(O)C(N)C(=O)N1CCCC1C(=O)N1CCCC1(Cc1ccccc1)C(O)NC(C(N)=O)C(C)O. The monoisotopic (exact) mass is 505 g/mol. The average Bonchev–Trinajstić information content (AvgIpc) is 3.49. The Morgan fingerprint density at radius 3 is 2.33 bits per heavy atom. The third-order valence-corrected chi connectivity index (χ3v) is 7.41. The molecule has 8 N–H and O–H groups in total. The van der Waals surface area contributed by atoms with E-state index in [2.05, 4.69) is 5.32 Å². The van der Waals surface area contributed by atoms with Crippen LogP contribution >= 0.6 is 0 Å². The lowest BCUT2D eigenvalue weighted by Crippen LogP contribution is -2.67. The fourth-order valence-electron chi connectivity index (χ4n) is 5.39. The molecule has 200 valence electrons. The highest BCUT2D eigenvalue weighted by Crippen LogP contribution is 2.37. The number of hydrogen-bond acceptors (Lipinski definition) is 8. The summed E-state index contributed by atoms with van der Waals surface area (Å²) in [5.74, 6) is -1.63. The number of rotatable bonds is 10. The van der Waals surface area contributed by atoms with Gasteiger partial charge in [-0.25, -0.2) is 0 Å². The van der Waals surface area contributed by atoms with E-state index in [0.29, 0.717) is 38.8 Å². The Hall–Kier alpha value is -2.57. The molecule has 2 heterocycles. The van der Waals surface area contributed by atoms with Crippen LogP contribution in [0.5, 0.6) is 0 Å². The predicted octanol–water partition coefficient (Wildman–Crippen LogP) is -1.57. The quantitative estimate of drug-likeness (QED) is 0.206. The molecule has 7 unspecified atom stereocenters. The number of likely N-dealkylation sites (tertiary alicyclic amines) is 2. The Kier molecular flexibility index (Phi) is 9.07. The highest BCUT2D eigenvalue weighted by molar-refractivity contribution is 5.91. The topological polar surface area (TPSA) is 182 Å². The zero-order chi connectivity index (χ0) is 26.6. The first kappa shape index (κ1) is 28.0. The van der Waals surface area contributed by atoms with Crippen LogP contribution in [-0.2, 0) is 20.8 Å². The summed E-state index contributed by atoms with van der Waals surface area (Å²) in [5.41, 5.74) is 11.1. The number of carbonyl (C=O) groups excluding carboxylic acids is 3. The summed E-state index contributed by atoms with van der Waals surface area (Å²) in [6.45, 7) is 3.52. The zero-order valence-electron chi connectivity index (χ0n) is 20.9. The summed E-state index contributed by atoms with van der Waals surface area (Å²) < 4.78 is 0. The Labute approximate surface area is 211 Å². The second-order valence-electron chi connectivity index (χ2n) is 10.0. The zero-order valence-corrected chi connectivity index (χ0v) is 20.9. The molecule has 7 atom stereocenters. The van der Waals surface area contributed by atoms with Gasteiger partial charge in [-0.05, 0) is 51.5 Å². The van der Waals surface area contributed by atoms with E-state index in [4.69, 9.17) is 11.5 Å². The minimum Gasteiger partial charge on any atom is -0.391 e. The molecule has 0 radical (unpaired) electrons. The van der Waals surface area contributed by atoms with Crippen molar-refractivity contribution in [3.63, 3.8) is 0 Å². The molecule has 0 aromatic heterocycles. The van der Waals surface area contributed by atoms with Crippen molar-refractivity contribution in [2.24, 2.45) is 11.5 Å². The highest BCUT2D eigenvalue weighted by Gasteiger charge is 2.52. The summed E-state index contributed by atoms with van der Waals surface area (Å²) in [4.78, 5) is 41.9. The predicted molar refractivity (Wildman–Crippen MR) is 132 cm³/mol. The van der Waals surface area contributed by atoms with Crippen LogP contribution in [0.3, 0.4) is 0 Å².